The molecule has 9 heteroatoms. The van der Waals surface area contributed by atoms with E-state index in [9.17, 15) is 14.3 Å². The average Bonchev–Trinajstić information content (AvgIpc) is 3.19. The molecular weight excluding hydrogens is 447 g/mol. The lowest BCUT2D eigenvalue weighted by molar-refractivity contribution is -0.114. The van der Waals surface area contributed by atoms with Crippen LogP contribution in [0.3, 0.4) is 0 Å². The summed E-state index contributed by atoms with van der Waals surface area (Å²) in [4.78, 5) is 14.7. The number of carbonyl (C=O) groups is 1. The third-order valence-corrected chi connectivity index (χ3v) is 5.81. The lowest BCUT2D eigenvalue weighted by Crippen LogP contribution is -2.34. The van der Waals surface area contributed by atoms with E-state index in [0.717, 1.165) is 23.4 Å². The number of carbonyl (C=O) groups excluding carboxylic acids is 1. The van der Waals surface area contributed by atoms with Crippen molar-refractivity contribution in [2.75, 3.05) is 36.7 Å². The summed E-state index contributed by atoms with van der Waals surface area (Å²) in [6.07, 6.45) is 1.32. The van der Waals surface area contributed by atoms with Crippen LogP contribution in [0.1, 0.15) is 31.9 Å². The quantitative estimate of drug-likeness (QED) is 0.256. The molecule has 7 nitrogen and oxygen atoms in total. The molecule has 1 N–H and O–H groups in total. The molecule has 0 fully saturated rings. The van der Waals surface area contributed by atoms with Crippen molar-refractivity contribution in [1.29, 1.82) is 0 Å². The first kappa shape index (κ1) is 24.8. The van der Waals surface area contributed by atoms with Crippen LogP contribution < -0.4 is 14.6 Å². The zero-order valence-electron chi connectivity index (χ0n) is 19.4. The van der Waals surface area contributed by atoms with E-state index in [0.29, 0.717) is 42.4 Å². The van der Waals surface area contributed by atoms with Crippen molar-refractivity contribution in [2.45, 2.75) is 39.8 Å². The molecule has 1 heterocycles. The van der Waals surface area contributed by atoms with Crippen LogP contribution in [0, 0.1) is 5.82 Å². The van der Waals surface area contributed by atoms with E-state index in [1.54, 1.807) is 31.1 Å². The summed E-state index contributed by atoms with van der Waals surface area (Å²) in [5, 5.41) is 16.1. The van der Waals surface area contributed by atoms with Crippen molar-refractivity contribution < 1.29 is 19.0 Å². The van der Waals surface area contributed by atoms with Crippen LogP contribution in [0.15, 0.2) is 35.4 Å². The number of aliphatic hydroxyl groups is 1. The third kappa shape index (κ3) is 5.57. The number of likely N-dealkylation sites (N-methyl/N-ethyl adjacent to an activating group) is 1. The Morgan fingerprint density at radius 3 is 2.76 bits per heavy atom. The highest BCUT2D eigenvalue weighted by Gasteiger charge is 2.27. The molecule has 2 aromatic rings. The first-order valence-corrected chi connectivity index (χ1v) is 11.3. The second-order valence-electron chi connectivity index (χ2n) is 8.08. The molecule has 1 amide bonds. The van der Waals surface area contributed by atoms with E-state index in [2.05, 4.69) is 10.0 Å². The van der Waals surface area contributed by atoms with Crippen molar-refractivity contribution in [1.82, 2.24) is 4.90 Å². The van der Waals surface area contributed by atoms with Gasteiger partial charge in [0.1, 0.15) is 18.2 Å². The van der Waals surface area contributed by atoms with E-state index >= 15 is 0 Å². The summed E-state index contributed by atoms with van der Waals surface area (Å²) in [5.74, 6) is 0.579. The molecule has 0 bridgehead atoms. The summed E-state index contributed by atoms with van der Waals surface area (Å²) in [6, 6.07) is 8.57. The van der Waals surface area contributed by atoms with Crippen molar-refractivity contribution in [3.63, 3.8) is 0 Å². The summed E-state index contributed by atoms with van der Waals surface area (Å²) in [7, 11) is 1.75. The molecule has 3 rings (SSSR count). The third-order valence-electron chi connectivity index (χ3n) is 5.46. The fourth-order valence-electron chi connectivity index (χ4n) is 3.86. The second-order valence-corrected chi connectivity index (χ2v) is 8.49. The highest BCUT2D eigenvalue weighted by atomic mass is 35.5. The predicted octanol–water partition coefficient (Wildman–Crippen LogP) is 4.05. The molecule has 0 radical (unpaired) electrons. The minimum absolute atomic E-state index is 0.0729. The Morgan fingerprint density at radius 1 is 1.39 bits per heavy atom. The zero-order valence-corrected chi connectivity index (χ0v) is 20.1. The fraction of sp³-hybridized carbons (Fsp3) is 0.417. The van der Waals surface area contributed by atoms with E-state index in [1.807, 2.05) is 26.0 Å². The van der Waals surface area contributed by atoms with Crippen LogP contribution in [0.4, 0.5) is 15.8 Å². The number of amidine groups is 1. The Morgan fingerprint density at radius 2 is 2.15 bits per heavy atom. The van der Waals surface area contributed by atoms with Crippen LogP contribution in [0.25, 0.3) is 0 Å². The summed E-state index contributed by atoms with van der Waals surface area (Å²) < 4.78 is 20.6. The number of amides is 1. The largest absolute Gasteiger partial charge is 0.489 e. The van der Waals surface area contributed by atoms with E-state index in [-0.39, 0.29) is 24.4 Å². The molecule has 0 aromatic heterocycles. The number of hydrogen-bond donors (Lipinski definition) is 1. The number of benzene rings is 2. The number of fused-ring (bicyclic) bond motifs is 1. The normalized spacial score (nSPS) is 13.3. The second kappa shape index (κ2) is 10.9. The summed E-state index contributed by atoms with van der Waals surface area (Å²) in [6.45, 7) is 6.76. The van der Waals surface area contributed by atoms with Crippen LogP contribution in [0.5, 0.6) is 5.75 Å². The van der Waals surface area contributed by atoms with Gasteiger partial charge in [-0.1, -0.05) is 17.7 Å². The van der Waals surface area contributed by atoms with Crippen LogP contribution in [-0.4, -0.2) is 55.1 Å². The van der Waals surface area contributed by atoms with Crippen molar-refractivity contribution in [3.8, 4) is 5.75 Å². The van der Waals surface area contributed by atoms with Gasteiger partial charge in [0.2, 0.25) is 6.41 Å². The number of hydrazone groups is 1. The molecule has 178 valence electrons. The molecule has 33 heavy (non-hydrogen) atoms. The maximum Gasteiger partial charge on any atom is 0.215 e. The number of halogens is 2. The summed E-state index contributed by atoms with van der Waals surface area (Å²) >= 11 is 6.27. The minimum atomic E-state index is -0.367. The van der Waals surface area contributed by atoms with Gasteiger partial charge in [0.25, 0.3) is 0 Å². The Balaban J connectivity index is 1.99. The lowest BCUT2D eigenvalue weighted by atomic mass is 10.1. The SMILES string of the molecule is CCN(C=O)/C(CO)=N\N(C)c1cc2c(c(OC(C)C)c1)N(Cc1c(F)cccc1Cl)CC2. The molecule has 0 spiro atoms. The van der Waals surface area contributed by atoms with Crippen LogP contribution in [-0.2, 0) is 17.8 Å². The monoisotopic (exact) mass is 476 g/mol. The van der Waals surface area contributed by atoms with Gasteiger partial charge < -0.3 is 14.7 Å². The maximum atomic E-state index is 14.4. The Hall–Kier alpha value is -2.84. The van der Waals surface area contributed by atoms with E-state index in [1.165, 1.54) is 11.0 Å². The van der Waals surface area contributed by atoms with Gasteiger partial charge in [0.05, 0.1) is 17.5 Å². The lowest BCUT2D eigenvalue weighted by Gasteiger charge is -2.26. The first-order chi connectivity index (χ1) is 15.8. The van der Waals surface area contributed by atoms with Crippen molar-refractivity contribution in [2.24, 2.45) is 5.10 Å². The molecule has 0 aliphatic carbocycles. The van der Waals surface area contributed by atoms with E-state index in [4.69, 9.17) is 16.3 Å². The molecular formula is C24H30ClFN4O3. The molecule has 1 aliphatic heterocycles. The van der Waals surface area contributed by atoms with Gasteiger partial charge in [-0.2, -0.15) is 5.10 Å². The molecule has 0 saturated carbocycles. The molecule has 0 unspecified atom stereocenters. The van der Waals surface area contributed by atoms with Crippen molar-refractivity contribution in [3.05, 3.63) is 52.3 Å². The molecule has 2 aromatic carbocycles. The standard InChI is InChI=1S/C24H30ClFN4O3/c1-5-29(15-32)23(14-31)27-28(4)18-11-17-9-10-30(24(17)22(12-18)33-16(2)3)13-19-20(25)7-6-8-21(19)26/h6-8,11-12,15-16,31H,5,9-10,13-14H2,1-4H3/b27-23-. The maximum absolute atomic E-state index is 14.4. The topological polar surface area (TPSA) is 68.6 Å². The Bertz CT molecular complexity index is 1010. The van der Waals surface area contributed by atoms with Crippen LogP contribution in [0.2, 0.25) is 5.02 Å². The van der Waals surface area contributed by atoms with Gasteiger partial charge in [-0.15, -0.1) is 0 Å². The Kier molecular flexibility index (Phi) is 8.15. The number of nitrogens with zero attached hydrogens (tertiary/aromatic N) is 4. The van der Waals surface area contributed by atoms with Gasteiger partial charge in [-0.3, -0.25) is 14.7 Å². The van der Waals surface area contributed by atoms with Gasteiger partial charge >= 0.3 is 0 Å². The zero-order chi connectivity index (χ0) is 24.1. The highest BCUT2D eigenvalue weighted by Crippen LogP contribution is 2.42. The average molecular weight is 477 g/mol. The smallest absolute Gasteiger partial charge is 0.215 e. The van der Waals surface area contributed by atoms with Gasteiger partial charge in [-0.05, 0) is 51.0 Å². The minimum Gasteiger partial charge on any atom is -0.489 e. The van der Waals surface area contributed by atoms with E-state index < -0.39 is 0 Å². The number of ether oxygens (including phenoxy) is 1. The number of aliphatic hydroxyl groups excluding tert-OH is 1. The van der Waals surface area contributed by atoms with Crippen LogP contribution >= 0.6 is 11.6 Å². The van der Waals surface area contributed by atoms with Gasteiger partial charge in [-0.25, -0.2) is 4.39 Å². The molecule has 1 aliphatic rings. The van der Waals surface area contributed by atoms with Crippen molar-refractivity contribution >= 4 is 35.2 Å². The highest BCUT2D eigenvalue weighted by molar-refractivity contribution is 6.31. The fourth-order valence-corrected chi connectivity index (χ4v) is 4.08. The molecule has 0 saturated heterocycles. The molecule has 0 atom stereocenters. The number of rotatable bonds is 9. The predicted molar refractivity (Wildman–Crippen MR) is 130 cm³/mol. The van der Waals surface area contributed by atoms with Gasteiger partial charge in [0.15, 0.2) is 5.84 Å². The Labute approximate surface area is 199 Å². The first-order valence-electron chi connectivity index (χ1n) is 10.9. The summed E-state index contributed by atoms with van der Waals surface area (Å²) in [5.41, 5.74) is 3.16. The number of anilines is 2. The number of hydrogen-bond acceptors (Lipinski definition) is 6. The van der Waals surface area contributed by atoms with Gasteiger partial charge in [0, 0.05) is 43.3 Å².